The Bertz CT molecular complexity index is 541. The highest BCUT2D eigenvalue weighted by Crippen LogP contribution is 2.21. The third-order valence-corrected chi connectivity index (χ3v) is 3.95. The molecule has 0 atom stereocenters. The second kappa shape index (κ2) is 7.36. The van der Waals surface area contributed by atoms with Gasteiger partial charge in [-0.1, -0.05) is 19.1 Å². The van der Waals surface area contributed by atoms with Crippen molar-refractivity contribution >= 4 is 17.0 Å². The Hall–Kier alpha value is -1.46. The normalized spacial score (nSPS) is 10.8. The molecule has 0 radical (unpaired) electrons. The second-order valence-electron chi connectivity index (χ2n) is 4.48. The van der Waals surface area contributed by atoms with Crippen molar-refractivity contribution in [2.24, 2.45) is 0 Å². The van der Waals surface area contributed by atoms with Crippen LogP contribution in [0.15, 0.2) is 29.6 Å². The van der Waals surface area contributed by atoms with Crippen LogP contribution >= 0.6 is 11.3 Å². The Morgan fingerprint density at radius 3 is 2.80 bits per heavy atom. The fraction of sp³-hybridized carbons (Fsp3) is 0.400. The minimum Gasteiger partial charge on any atom is -0.364 e. The Morgan fingerprint density at radius 2 is 2.10 bits per heavy atom. The predicted octanol–water partition coefficient (Wildman–Crippen LogP) is 3.42. The Kier molecular flexibility index (Phi) is 5.49. The third-order valence-electron chi connectivity index (χ3n) is 3.05. The summed E-state index contributed by atoms with van der Waals surface area (Å²) in [7, 11) is 0. The van der Waals surface area contributed by atoms with Gasteiger partial charge in [-0.3, -0.25) is 0 Å². The largest absolute Gasteiger partial charge is 0.364 e. The lowest BCUT2D eigenvalue weighted by molar-refractivity contribution is 0.617. The molecule has 0 aliphatic heterocycles. The number of para-hydroxylation sites is 1. The van der Waals surface area contributed by atoms with Gasteiger partial charge in [0.1, 0.15) is 10.8 Å². The van der Waals surface area contributed by atoms with E-state index >= 15 is 0 Å². The van der Waals surface area contributed by atoms with E-state index in [1.165, 1.54) is 6.07 Å². The van der Waals surface area contributed by atoms with E-state index in [0.29, 0.717) is 12.2 Å². The summed E-state index contributed by atoms with van der Waals surface area (Å²) < 4.78 is 13.8. The van der Waals surface area contributed by atoms with Crippen LogP contribution in [0.2, 0.25) is 0 Å². The lowest BCUT2D eigenvalue weighted by atomic mass is 10.2. The van der Waals surface area contributed by atoms with Crippen LogP contribution in [0.4, 0.5) is 10.1 Å². The molecular weight excluding hydrogens is 273 g/mol. The van der Waals surface area contributed by atoms with E-state index in [2.05, 4.69) is 22.6 Å². The van der Waals surface area contributed by atoms with Crippen LogP contribution < -0.4 is 10.2 Å². The molecule has 1 heterocycles. The van der Waals surface area contributed by atoms with E-state index in [4.69, 9.17) is 0 Å². The molecule has 0 spiro atoms. The van der Waals surface area contributed by atoms with Gasteiger partial charge >= 0.3 is 0 Å². The van der Waals surface area contributed by atoms with Crippen LogP contribution in [-0.2, 0) is 13.1 Å². The number of anilines is 1. The van der Waals surface area contributed by atoms with Crippen molar-refractivity contribution in [2.45, 2.75) is 26.9 Å². The van der Waals surface area contributed by atoms with Crippen molar-refractivity contribution in [3.05, 3.63) is 46.2 Å². The second-order valence-corrected chi connectivity index (χ2v) is 5.42. The van der Waals surface area contributed by atoms with Gasteiger partial charge in [-0.2, -0.15) is 0 Å². The quantitative estimate of drug-likeness (QED) is 0.848. The lowest BCUT2D eigenvalue weighted by Gasteiger charge is -2.22. The van der Waals surface area contributed by atoms with Gasteiger partial charge < -0.3 is 10.2 Å². The van der Waals surface area contributed by atoms with Crippen LogP contribution in [0.3, 0.4) is 0 Å². The predicted molar refractivity (Wildman–Crippen MR) is 82.6 cm³/mol. The molecule has 5 heteroatoms. The first-order chi connectivity index (χ1) is 9.74. The minimum atomic E-state index is -0.183. The average molecular weight is 293 g/mol. The van der Waals surface area contributed by atoms with E-state index in [1.54, 1.807) is 17.4 Å². The maximum atomic E-state index is 13.8. The number of benzene rings is 1. The molecule has 0 saturated heterocycles. The zero-order valence-corrected chi connectivity index (χ0v) is 12.7. The number of aromatic nitrogens is 1. The van der Waals surface area contributed by atoms with Crippen molar-refractivity contribution in [3.8, 4) is 0 Å². The first-order valence-corrected chi connectivity index (χ1v) is 7.76. The molecule has 1 aromatic carbocycles. The summed E-state index contributed by atoms with van der Waals surface area (Å²) in [6.45, 7) is 7.23. The van der Waals surface area contributed by atoms with Gasteiger partial charge in [0, 0.05) is 18.5 Å². The summed E-state index contributed by atoms with van der Waals surface area (Å²) in [6, 6.07) is 6.88. The molecule has 0 saturated carbocycles. The van der Waals surface area contributed by atoms with Crippen LogP contribution in [-0.4, -0.2) is 18.1 Å². The molecule has 0 amide bonds. The third kappa shape index (κ3) is 3.77. The monoisotopic (exact) mass is 293 g/mol. The zero-order valence-electron chi connectivity index (χ0n) is 11.9. The summed E-state index contributed by atoms with van der Waals surface area (Å²) in [5.41, 5.74) is 1.63. The van der Waals surface area contributed by atoms with Crippen molar-refractivity contribution in [1.82, 2.24) is 10.3 Å². The van der Waals surface area contributed by atoms with Gasteiger partial charge in [-0.15, -0.1) is 11.3 Å². The van der Waals surface area contributed by atoms with E-state index in [1.807, 2.05) is 24.0 Å². The highest BCUT2D eigenvalue weighted by atomic mass is 32.1. The molecule has 108 valence electrons. The summed E-state index contributed by atoms with van der Waals surface area (Å²) in [6.07, 6.45) is 0. The highest BCUT2D eigenvalue weighted by Gasteiger charge is 2.11. The molecule has 0 unspecified atom stereocenters. The van der Waals surface area contributed by atoms with Gasteiger partial charge in [-0.05, 0) is 25.6 Å². The highest BCUT2D eigenvalue weighted by molar-refractivity contribution is 7.09. The van der Waals surface area contributed by atoms with Crippen LogP contribution in [0.1, 0.15) is 24.5 Å². The van der Waals surface area contributed by atoms with Crippen LogP contribution in [0, 0.1) is 5.82 Å². The number of rotatable bonds is 7. The molecule has 0 fully saturated rings. The Morgan fingerprint density at radius 1 is 1.30 bits per heavy atom. The average Bonchev–Trinajstić information content (AvgIpc) is 2.91. The standard InChI is InChI=1S/C15H20FN3S/c1-3-17-9-15-18-12(11-20-15)10-19(4-2)14-8-6-5-7-13(14)16/h5-8,11,17H,3-4,9-10H2,1-2H3. The van der Waals surface area contributed by atoms with Crippen LogP contribution in [0.25, 0.3) is 0 Å². The summed E-state index contributed by atoms with van der Waals surface area (Å²) >= 11 is 1.65. The first kappa shape index (κ1) is 14.9. The maximum Gasteiger partial charge on any atom is 0.146 e. The summed E-state index contributed by atoms with van der Waals surface area (Å²) in [5.74, 6) is -0.183. The molecule has 2 aromatic rings. The summed E-state index contributed by atoms with van der Waals surface area (Å²) in [5, 5.41) is 6.39. The number of nitrogens with one attached hydrogen (secondary N) is 1. The van der Waals surface area contributed by atoms with Gasteiger partial charge in [-0.25, -0.2) is 9.37 Å². The Labute approximate surface area is 123 Å². The Balaban J connectivity index is 2.07. The number of thiazole rings is 1. The zero-order chi connectivity index (χ0) is 14.4. The molecule has 20 heavy (non-hydrogen) atoms. The lowest BCUT2D eigenvalue weighted by Crippen LogP contribution is -2.23. The van der Waals surface area contributed by atoms with Gasteiger partial charge in [0.05, 0.1) is 17.9 Å². The molecule has 1 aromatic heterocycles. The molecular formula is C15H20FN3S. The molecule has 0 aliphatic carbocycles. The van der Waals surface area contributed by atoms with Crippen LogP contribution in [0.5, 0.6) is 0 Å². The maximum absolute atomic E-state index is 13.8. The molecule has 1 N–H and O–H groups in total. The smallest absolute Gasteiger partial charge is 0.146 e. The van der Waals surface area contributed by atoms with E-state index in [9.17, 15) is 4.39 Å². The van der Waals surface area contributed by atoms with Gasteiger partial charge in [0.15, 0.2) is 0 Å². The minimum absolute atomic E-state index is 0.183. The van der Waals surface area contributed by atoms with Crippen molar-refractivity contribution in [3.63, 3.8) is 0 Å². The van der Waals surface area contributed by atoms with E-state index in [0.717, 1.165) is 30.3 Å². The molecule has 2 rings (SSSR count). The SMILES string of the molecule is CCNCc1nc(CN(CC)c2ccccc2F)cs1. The van der Waals surface area contributed by atoms with E-state index < -0.39 is 0 Å². The number of hydrogen-bond acceptors (Lipinski definition) is 4. The van der Waals surface area contributed by atoms with Gasteiger partial charge in [0.2, 0.25) is 0 Å². The molecule has 3 nitrogen and oxygen atoms in total. The fourth-order valence-electron chi connectivity index (χ4n) is 2.01. The van der Waals surface area contributed by atoms with Crippen molar-refractivity contribution in [2.75, 3.05) is 18.0 Å². The molecule has 0 bridgehead atoms. The van der Waals surface area contributed by atoms with E-state index in [-0.39, 0.29) is 5.82 Å². The topological polar surface area (TPSA) is 28.2 Å². The van der Waals surface area contributed by atoms with Gasteiger partial charge in [0.25, 0.3) is 0 Å². The van der Waals surface area contributed by atoms with Crippen molar-refractivity contribution in [1.29, 1.82) is 0 Å². The fourth-order valence-corrected chi connectivity index (χ4v) is 2.76. The first-order valence-electron chi connectivity index (χ1n) is 6.88. The number of nitrogens with zero attached hydrogens (tertiary/aromatic N) is 2. The summed E-state index contributed by atoms with van der Waals surface area (Å²) in [4.78, 5) is 6.58. The van der Waals surface area contributed by atoms with Crippen molar-refractivity contribution < 1.29 is 4.39 Å². The molecule has 0 aliphatic rings. The number of halogens is 1. The number of hydrogen-bond donors (Lipinski definition) is 1.